The zero-order valence-electron chi connectivity index (χ0n) is 12.1. The fourth-order valence-corrected chi connectivity index (χ4v) is 1.50. The highest BCUT2D eigenvalue weighted by Gasteiger charge is 2.15. The summed E-state index contributed by atoms with van der Waals surface area (Å²) in [6, 6.07) is 0. The van der Waals surface area contributed by atoms with Crippen molar-refractivity contribution in [3.63, 3.8) is 0 Å². The Morgan fingerprint density at radius 3 is 2.11 bits per heavy atom. The topological polar surface area (TPSA) is 43.4 Å². The predicted octanol–water partition coefficient (Wildman–Crippen LogP) is 3.59. The van der Waals surface area contributed by atoms with Crippen molar-refractivity contribution in [2.75, 3.05) is 0 Å². The van der Waals surface area contributed by atoms with Gasteiger partial charge < -0.3 is 4.74 Å². The summed E-state index contributed by atoms with van der Waals surface area (Å²) in [4.78, 5) is 22.1. The van der Waals surface area contributed by atoms with Gasteiger partial charge in [0.2, 0.25) is 0 Å². The van der Waals surface area contributed by atoms with E-state index in [2.05, 4.69) is 19.9 Å². The minimum Gasteiger partial charge on any atom is -0.454 e. The van der Waals surface area contributed by atoms with Crippen LogP contribution in [-0.2, 0) is 14.3 Å². The van der Waals surface area contributed by atoms with E-state index in [-0.39, 0.29) is 5.78 Å². The quantitative estimate of drug-likeness (QED) is 0.513. The van der Waals surface area contributed by atoms with E-state index >= 15 is 0 Å². The van der Waals surface area contributed by atoms with E-state index in [0.717, 1.165) is 12.8 Å². The number of carbonyl (C=O) groups is 2. The Kier molecular flexibility index (Phi) is 8.01. The second-order valence-electron chi connectivity index (χ2n) is 4.82. The van der Waals surface area contributed by atoms with Gasteiger partial charge in [0, 0.05) is 13.3 Å². The van der Waals surface area contributed by atoms with Gasteiger partial charge in [0.05, 0.1) is 0 Å². The smallest absolute Gasteiger partial charge is 0.303 e. The van der Waals surface area contributed by atoms with Gasteiger partial charge >= 0.3 is 5.97 Å². The van der Waals surface area contributed by atoms with E-state index < -0.39 is 12.1 Å². The highest BCUT2D eigenvalue weighted by Crippen LogP contribution is 2.10. The summed E-state index contributed by atoms with van der Waals surface area (Å²) in [6.07, 6.45) is 5.97. The number of carbonyl (C=O) groups excluding carboxylic acids is 2. The van der Waals surface area contributed by atoms with Gasteiger partial charge in [-0.2, -0.15) is 0 Å². The number of ketones is 1. The Balaban J connectivity index is 4.26. The van der Waals surface area contributed by atoms with Gasteiger partial charge in [-0.05, 0) is 40.5 Å². The lowest BCUT2D eigenvalue weighted by molar-refractivity contribution is -0.152. The maximum absolute atomic E-state index is 11.3. The van der Waals surface area contributed by atoms with Gasteiger partial charge in [0.1, 0.15) is 0 Å². The molecule has 0 N–H and O–H groups in total. The maximum Gasteiger partial charge on any atom is 0.303 e. The summed E-state index contributed by atoms with van der Waals surface area (Å²) in [6.45, 7) is 8.95. The molecule has 102 valence electrons. The largest absolute Gasteiger partial charge is 0.454 e. The first kappa shape index (κ1) is 16.6. The number of hydrogen-bond acceptors (Lipinski definition) is 3. The van der Waals surface area contributed by atoms with Crippen molar-refractivity contribution in [1.29, 1.82) is 0 Å². The van der Waals surface area contributed by atoms with Crippen LogP contribution >= 0.6 is 0 Å². The second-order valence-corrected chi connectivity index (χ2v) is 4.82. The molecule has 0 bridgehead atoms. The molecular formula is C15H24O3. The first-order chi connectivity index (χ1) is 8.32. The van der Waals surface area contributed by atoms with E-state index in [0.29, 0.717) is 6.42 Å². The molecule has 1 atom stereocenters. The summed E-state index contributed by atoms with van der Waals surface area (Å²) in [5.74, 6) is -0.524. The van der Waals surface area contributed by atoms with E-state index in [9.17, 15) is 9.59 Å². The number of esters is 1. The van der Waals surface area contributed by atoms with E-state index in [1.165, 1.54) is 25.0 Å². The van der Waals surface area contributed by atoms with Crippen LogP contribution < -0.4 is 0 Å². The fourth-order valence-electron chi connectivity index (χ4n) is 1.50. The van der Waals surface area contributed by atoms with Gasteiger partial charge in [-0.3, -0.25) is 9.59 Å². The van der Waals surface area contributed by atoms with Gasteiger partial charge in [-0.1, -0.05) is 23.3 Å². The molecule has 0 heterocycles. The molecule has 0 saturated carbocycles. The highest BCUT2D eigenvalue weighted by atomic mass is 16.5. The molecule has 0 aromatic heterocycles. The van der Waals surface area contributed by atoms with Gasteiger partial charge in [0.25, 0.3) is 0 Å². The Hall–Kier alpha value is -1.38. The van der Waals surface area contributed by atoms with E-state index in [1.807, 2.05) is 13.0 Å². The average molecular weight is 252 g/mol. The molecule has 0 fully saturated rings. The maximum atomic E-state index is 11.3. The van der Waals surface area contributed by atoms with Crippen molar-refractivity contribution >= 4 is 11.8 Å². The number of allylic oxidation sites excluding steroid dienone is 3. The predicted molar refractivity (Wildman–Crippen MR) is 73.3 cm³/mol. The van der Waals surface area contributed by atoms with Crippen LogP contribution in [0.15, 0.2) is 23.3 Å². The van der Waals surface area contributed by atoms with Crippen LogP contribution in [-0.4, -0.2) is 17.9 Å². The lowest BCUT2D eigenvalue weighted by atomic mass is 10.1. The zero-order chi connectivity index (χ0) is 14.1. The molecule has 0 aromatic carbocycles. The summed E-state index contributed by atoms with van der Waals surface area (Å²) in [5.41, 5.74) is 2.52. The fraction of sp³-hybridized carbons (Fsp3) is 0.600. The molecule has 18 heavy (non-hydrogen) atoms. The van der Waals surface area contributed by atoms with Crippen LogP contribution in [0.5, 0.6) is 0 Å². The molecule has 0 aliphatic carbocycles. The van der Waals surface area contributed by atoms with Crippen molar-refractivity contribution in [3.8, 4) is 0 Å². The van der Waals surface area contributed by atoms with Crippen LogP contribution in [0.25, 0.3) is 0 Å². The minimum absolute atomic E-state index is 0.112. The molecule has 3 nitrogen and oxygen atoms in total. The molecule has 0 amide bonds. The highest BCUT2D eigenvalue weighted by molar-refractivity contribution is 5.83. The van der Waals surface area contributed by atoms with Gasteiger partial charge in [-0.25, -0.2) is 0 Å². The molecule has 0 rings (SSSR count). The van der Waals surface area contributed by atoms with Crippen LogP contribution in [0.3, 0.4) is 0 Å². The second kappa shape index (κ2) is 8.67. The molecule has 0 saturated heterocycles. The Bertz CT molecular complexity index is 347. The normalized spacial score (nSPS) is 12.8. The van der Waals surface area contributed by atoms with Gasteiger partial charge in [0.15, 0.2) is 11.9 Å². The third kappa shape index (κ3) is 8.74. The molecule has 0 aliphatic heterocycles. The van der Waals surface area contributed by atoms with Crippen LogP contribution in [0.4, 0.5) is 0 Å². The van der Waals surface area contributed by atoms with Crippen molar-refractivity contribution in [3.05, 3.63) is 23.3 Å². The standard InChI is InChI=1S/C15H24O3/c1-11(2)7-6-8-12(3)9-10-15(13(4)16)18-14(5)17/h7,9,15H,6,8,10H2,1-5H3/b12-9+/t15-/m1/s1. The van der Waals surface area contributed by atoms with Crippen LogP contribution in [0, 0.1) is 0 Å². The van der Waals surface area contributed by atoms with Crippen molar-refractivity contribution in [1.82, 2.24) is 0 Å². The Morgan fingerprint density at radius 1 is 1.06 bits per heavy atom. The SMILES string of the molecule is CC(=O)O[C@H](C/C=C(\C)CCC=C(C)C)C(C)=O. The summed E-state index contributed by atoms with van der Waals surface area (Å²) in [7, 11) is 0. The molecule has 3 heteroatoms. The molecule has 0 radical (unpaired) electrons. The third-order valence-corrected chi connectivity index (χ3v) is 2.53. The van der Waals surface area contributed by atoms with Crippen molar-refractivity contribution in [2.45, 2.75) is 60.0 Å². The number of ether oxygens (including phenoxy) is 1. The summed E-state index contributed by atoms with van der Waals surface area (Å²) in [5, 5.41) is 0. The van der Waals surface area contributed by atoms with E-state index in [4.69, 9.17) is 4.74 Å². The van der Waals surface area contributed by atoms with E-state index in [1.54, 1.807) is 0 Å². The van der Waals surface area contributed by atoms with Gasteiger partial charge in [-0.15, -0.1) is 0 Å². The average Bonchev–Trinajstić information content (AvgIpc) is 2.22. The Morgan fingerprint density at radius 2 is 1.67 bits per heavy atom. The lowest BCUT2D eigenvalue weighted by Gasteiger charge is -2.12. The molecule has 0 unspecified atom stereocenters. The van der Waals surface area contributed by atoms with Crippen LogP contribution in [0.2, 0.25) is 0 Å². The monoisotopic (exact) mass is 252 g/mol. The number of Topliss-reactive ketones (excluding diaryl/α,β-unsaturated/α-hetero) is 1. The van der Waals surface area contributed by atoms with Crippen molar-refractivity contribution in [2.24, 2.45) is 0 Å². The summed E-state index contributed by atoms with van der Waals surface area (Å²) < 4.78 is 4.96. The summed E-state index contributed by atoms with van der Waals surface area (Å²) >= 11 is 0. The third-order valence-electron chi connectivity index (χ3n) is 2.53. The number of hydrogen-bond donors (Lipinski definition) is 0. The first-order valence-electron chi connectivity index (χ1n) is 6.29. The van der Waals surface area contributed by atoms with Crippen LogP contribution in [0.1, 0.15) is 53.9 Å². The zero-order valence-corrected chi connectivity index (χ0v) is 12.1. The molecular weight excluding hydrogens is 228 g/mol. The van der Waals surface area contributed by atoms with Crippen molar-refractivity contribution < 1.29 is 14.3 Å². The molecule has 0 aliphatic rings. The Labute approximate surface area is 110 Å². The number of rotatable bonds is 7. The molecule has 0 aromatic rings. The minimum atomic E-state index is -0.638. The lowest BCUT2D eigenvalue weighted by Crippen LogP contribution is -2.23. The first-order valence-corrected chi connectivity index (χ1v) is 6.29. The molecule has 0 spiro atoms.